The molecule has 1 heterocycles. The highest BCUT2D eigenvalue weighted by atomic mass is 32.2. The van der Waals surface area contributed by atoms with Crippen molar-refractivity contribution in [1.82, 2.24) is 4.31 Å². The number of esters is 1. The summed E-state index contributed by atoms with van der Waals surface area (Å²) in [5.41, 5.74) is 3.34. The molecule has 4 rings (SSSR count). The van der Waals surface area contributed by atoms with Crippen molar-refractivity contribution in [1.29, 1.82) is 0 Å². The zero-order valence-corrected chi connectivity index (χ0v) is 18.0. The molecule has 0 N–H and O–H groups in total. The van der Waals surface area contributed by atoms with Crippen molar-refractivity contribution in [3.05, 3.63) is 95.1 Å². The molecule has 0 saturated heterocycles. The number of benzene rings is 3. The Hall–Kier alpha value is -3.16. The maximum Gasteiger partial charge on any atom is 0.338 e. The van der Waals surface area contributed by atoms with Crippen molar-refractivity contribution in [2.24, 2.45) is 0 Å². The Kier molecular flexibility index (Phi) is 6.06. The summed E-state index contributed by atoms with van der Waals surface area (Å²) in [6.07, 6.45) is 0.686. The third kappa shape index (κ3) is 4.62. The first kappa shape index (κ1) is 21.1. The fourth-order valence-corrected chi connectivity index (χ4v) is 4.96. The lowest BCUT2D eigenvalue weighted by Crippen LogP contribution is -2.35. The van der Waals surface area contributed by atoms with Crippen LogP contribution >= 0.6 is 0 Å². The lowest BCUT2D eigenvalue weighted by molar-refractivity contribution is 0.0472. The minimum Gasteiger partial charge on any atom is -0.497 e. The molecule has 0 radical (unpaired) electrons. The molecule has 7 heteroatoms. The van der Waals surface area contributed by atoms with Gasteiger partial charge in [0.05, 0.1) is 17.6 Å². The molecule has 6 nitrogen and oxygen atoms in total. The summed E-state index contributed by atoms with van der Waals surface area (Å²) in [6.45, 7) is 0.908. The highest BCUT2D eigenvalue weighted by Crippen LogP contribution is 2.25. The molecule has 3 aromatic rings. The summed E-state index contributed by atoms with van der Waals surface area (Å²) in [4.78, 5) is 12.5. The minimum atomic E-state index is -3.64. The van der Waals surface area contributed by atoms with Crippen LogP contribution in [0, 0.1) is 0 Å². The summed E-state index contributed by atoms with van der Waals surface area (Å²) < 4.78 is 38.0. The number of carbonyl (C=O) groups is 1. The van der Waals surface area contributed by atoms with Gasteiger partial charge in [-0.05, 0) is 59.5 Å². The smallest absolute Gasteiger partial charge is 0.338 e. The molecule has 0 bridgehead atoms. The van der Waals surface area contributed by atoms with Gasteiger partial charge in [-0.2, -0.15) is 4.31 Å². The van der Waals surface area contributed by atoms with E-state index in [0.29, 0.717) is 25.1 Å². The normalized spacial score (nSPS) is 14.0. The van der Waals surface area contributed by atoms with Gasteiger partial charge >= 0.3 is 5.97 Å². The van der Waals surface area contributed by atoms with Gasteiger partial charge in [0, 0.05) is 13.1 Å². The average Bonchev–Trinajstić information content (AvgIpc) is 2.82. The van der Waals surface area contributed by atoms with E-state index in [2.05, 4.69) is 0 Å². The van der Waals surface area contributed by atoms with Gasteiger partial charge in [-0.1, -0.05) is 36.4 Å². The molecule has 0 saturated carbocycles. The van der Waals surface area contributed by atoms with Crippen molar-refractivity contribution in [2.45, 2.75) is 24.5 Å². The van der Waals surface area contributed by atoms with E-state index in [1.54, 1.807) is 19.2 Å². The SMILES string of the molecule is COc1ccc(COC(=O)c2ccc(S(=O)(=O)N3CCc4ccccc4C3)cc2)cc1. The molecule has 0 aromatic heterocycles. The number of rotatable bonds is 6. The third-order valence-electron chi connectivity index (χ3n) is 5.35. The number of hydrogen-bond acceptors (Lipinski definition) is 5. The van der Waals surface area contributed by atoms with Crippen LogP contribution in [0.5, 0.6) is 5.75 Å². The number of methoxy groups -OCH3 is 1. The second-order valence-corrected chi connectivity index (χ2v) is 9.24. The molecule has 0 unspecified atom stereocenters. The minimum absolute atomic E-state index is 0.121. The standard InChI is InChI=1S/C24H23NO5S/c1-29-22-10-6-18(7-11-22)17-30-24(26)20-8-12-23(13-9-20)31(27,28)25-15-14-19-4-2-3-5-21(19)16-25/h2-13H,14-17H2,1H3. The molecule has 0 spiro atoms. The topological polar surface area (TPSA) is 72.9 Å². The molecule has 31 heavy (non-hydrogen) atoms. The van der Waals surface area contributed by atoms with Crippen LogP contribution in [-0.4, -0.2) is 32.3 Å². The van der Waals surface area contributed by atoms with Crippen molar-refractivity contribution in [3.8, 4) is 5.75 Å². The maximum atomic E-state index is 13.0. The van der Waals surface area contributed by atoms with Gasteiger partial charge in [-0.3, -0.25) is 0 Å². The largest absolute Gasteiger partial charge is 0.497 e. The van der Waals surface area contributed by atoms with Gasteiger partial charge in [0.25, 0.3) is 0 Å². The van der Waals surface area contributed by atoms with E-state index in [9.17, 15) is 13.2 Å². The van der Waals surface area contributed by atoms with Crippen LogP contribution in [0.3, 0.4) is 0 Å². The Labute approximate surface area is 182 Å². The number of nitrogens with zero attached hydrogens (tertiary/aromatic N) is 1. The van der Waals surface area contributed by atoms with Gasteiger partial charge in [-0.25, -0.2) is 13.2 Å². The van der Waals surface area contributed by atoms with E-state index in [-0.39, 0.29) is 11.5 Å². The molecule has 1 aliphatic rings. The fourth-order valence-electron chi connectivity index (χ4n) is 3.54. The van der Waals surface area contributed by atoms with E-state index in [1.807, 2.05) is 36.4 Å². The summed E-state index contributed by atoms with van der Waals surface area (Å²) in [7, 11) is -2.05. The van der Waals surface area contributed by atoms with Gasteiger partial charge < -0.3 is 9.47 Å². The van der Waals surface area contributed by atoms with Crippen molar-refractivity contribution in [3.63, 3.8) is 0 Å². The average molecular weight is 438 g/mol. The van der Waals surface area contributed by atoms with Crippen LogP contribution < -0.4 is 4.74 Å². The van der Waals surface area contributed by atoms with Crippen molar-refractivity contribution >= 4 is 16.0 Å². The predicted molar refractivity (Wildman–Crippen MR) is 116 cm³/mol. The van der Waals surface area contributed by atoms with Gasteiger partial charge in [-0.15, -0.1) is 0 Å². The van der Waals surface area contributed by atoms with E-state index >= 15 is 0 Å². The Bertz CT molecular complexity index is 1170. The first-order valence-corrected chi connectivity index (χ1v) is 11.4. The third-order valence-corrected chi connectivity index (χ3v) is 7.21. The van der Waals surface area contributed by atoms with Crippen LogP contribution in [0.2, 0.25) is 0 Å². The molecular weight excluding hydrogens is 414 g/mol. The van der Waals surface area contributed by atoms with E-state index in [4.69, 9.17) is 9.47 Å². The number of sulfonamides is 1. The summed E-state index contributed by atoms with van der Waals surface area (Å²) in [5, 5.41) is 0. The monoisotopic (exact) mass is 437 g/mol. The first-order valence-electron chi connectivity index (χ1n) is 9.94. The summed E-state index contributed by atoms with van der Waals surface area (Å²) in [5.74, 6) is 0.218. The molecule has 0 fully saturated rings. The Balaban J connectivity index is 1.41. The number of hydrogen-bond donors (Lipinski definition) is 0. The Morgan fingerprint density at radius 3 is 2.29 bits per heavy atom. The van der Waals surface area contributed by atoms with Crippen LogP contribution in [0.4, 0.5) is 0 Å². The number of carbonyl (C=O) groups excluding carboxylic acids is 1. The second-order valence-electron chi connectivity index (χ2n) is 7.31. The van der Waals surface area contributed by atoms with Gasteiger partial charge in [0.15, 0.2) is 0 Å². The molecular formula is C24H23NO5S. The highest BCUT2D eigenvalue weighted by molar-refractivity contribution is 7.89. The van der Waals surface area contributed by atoms with E-state index < -0.39 is 16.0 Å². The first-order chi connectivity index (χ1) is 15.0. The number of ether oxygens (including phenoxy) is 2. The Morgan fingerprint density at radius 1 is 0.935 bits per heavy atom. The molecule has 0 atom stereocenters. The van der Waals surface area contributed by atoms with E-state index in [1.165, 1.54) is 34.1 Å². The molecule has 3 aromatic carbocycles. The predicted octanol–water partition coefficient (Wildman–Crippen LogP) is 3.80. The summed E-state index contributed by atoms with van der Waals surface area (Å²) in [6, 6.07) is 21.0. The zero-order valence-electron chi connectivity index (χ0n) is 17.2. The molecule has 160 valence electrons. The second kappa shape index (κ2) is 8.91. The molecule has 0 amide bonds. The maximum absolute atomic E-state index is 13.0. The number of fused-ring (bicyclic) bond motifs is 1. The van der Waals surface area contributed by atoms with Crippen LogP contribution in [-0.2, 0) is 34.3 Å². The van der Waals surface area contributed by atoms with Crippen LogP contribution in [0.15, 0.2) is 77.7 Å². The van der Waals surface area contributed by atoms with Crippen LogP contribution in [0.25, 0.3) is 0 Å². The van der Waals surface area contributed by atoms with E-state index in [0.717, 1.165) is 16.9 Å². The Morgan fingerprint density at radius 2 is 1.61 bits per heavy atom. The summed E-state index contributed by atoms with van der Waals surface area (Å²) >= 11 is 0. The lowest BCUT2D eigenvalue weighted by Gasteiger charge is -2.28. The quantitative estimate of drug-likeness (QED) is 0.549. The zero-order chi connectivity index (χ0) is 21.8. The van der Waals surface area contributed by atoms with Crippen molar-refractivity contribution in [2.75, 3.05) is 13.7 Å². The fraction of sp³-hybridized carbons (Fsp3) is 0.208. The van der Waals surface area contributed by atoms with Gasteiger partial charge in [0.1, 0.15) is 12.4 Å². The molecule has 1 aliphatic heterocycles. The lowest BCUT2D eigenvalue weighted by atomic mass is 10.0. The van der Waals surface area contributed by atoms with Crippen LogP contribution in [0.1, 0.15) is 27.0 Å². The highest BCUT2D eigenvalue weighted by Gasteiger charge is 2.28. The molecule has 0 aliphatic carbocycles. The van der Waals surface area contributed by atoms with Crippen molar-refractivity contribution < 1.29 is 22.7 Å². The van der Waals surface area contributed by atoms with Gasteiger partial charge in [0.2, 0.25) is 10.0 Å².